The molecular formula is C16H27FNP. The summed E-state index contributed by atoms with van der Waals surface area (Å²) in [5, 5.41) is 0. The van der Waals surface area contributed by atoms with Crippen LogP contribution in [0.25, 0.3) is 0 Å². The quantitative estimate of drug-likeness (QED) is 0.631. The molecule has 0 radical (unpaired) electrons. The van der Waals surface area contributed by atoms with Gasteiger partial charge in [-0.25, -0.2) is 4.39 Å². The average Bonchev–Trinajstić information content (AvgIpc) is 2.39. The minimum Gasteiger partial charge on any atom is -0.300 e. The molecule has 3 unspecified atom stereocenters. The van der Waals surface area contributed by atoms with Gasteiger partial charge in [-0.05, 0) is 50.4 Å². The molecule has 0 heterocycles. The van der Waals surface area contributed by atoms with Crippen molar-refractivity contribution in [3.8, 4) is 0 Å². The van der Waals surface area contributed by atoms with Gasteiger partial charge in [0.1, 0.15) is 5.91 Å². The van der Waals surface area contributed by atoms with Gasteiger partial charge < -0.3 is 4.90 Å². The van der Waals surface area contributed by atoms with Crippen LogP contribution in [0.1, 0.15) is 50.7 Å². The Bertz CT molecular complexity index is 344. The number of hydrogen-bond donors (Lipinski definition) is 0. The van der Waals surface area contributed by atoms with Crippen molar-refractivity contribution in [2.45, 2.75) is 52.0 Å². The number of rotatable bonds is 8. The lowest BCUT2D eigenvalue weighted by Crippen LogP contribution is -2.35. The van der Waals surface area contributed by atoms with Crippen LogP contribution in [0.5, 0.6) is 0 Å². The second-order valence-corrected chi connectivity index (χ2v) is 5.82. The molecule has 1 aromatic rings. The van der Waals surface area contributed by atoms with Gasteiger partial charge >= 0.3 is 0 Å². The number of hydrogen-bond acceptors (Lipinski definition) is 1. The lowest BCUT2D eigenvalue weighted by Gasteiger charge is -2.28. The summed E-state index contributed by atoms with van der Waals surface area (Å²) in [6.07, 6.45) is 3.42. The molecule has 3 heteroatoms. The third kappa shape index (κ3) is 5.58. The molecule has 0 N–H and O–H groups in total. The van der Waals surface area contributed by atoms with E-state index in [4.69, 9.17) is 0 Å². The summed E-state index contributed by atoms with van der Waals surface area (Å²) in [4.78, 5) is 2.54. The van der Waals surface area contributed by atoms with Gasteiger partial charge in [-0.3, -0.25) is 0 Å². The zero-order valence-electron chi connectivity index (χ0n) is 12.4. The molecule has 0 saturated carbocycles. The Morgan fingerprint density at radius 1 is 1.11 bits per heavy atom. The van der Waals surface area contributed by atoms with Crippen LogP contribution in [-0.4, -0.2) is 24.0 Å². The fourth-order valence-corrected chi connectivity index (χ4v) is 2.66. The van der Waals surface area contributed by atoms with E-state index in [1.54, 1.807) is 0 Å². The van der Waals surface area contributed by atoms with Crippen LogP contribution < -0.4 is 0 Å². The largest absolute Gasteiger partial charge is 0.300 e. The van der Waals surface area contributed by atoms with Gasteiger partial charge in [-0.15, -0.1) is 0 Å². The van der Waals surface area contributed by atoms with Crippen molar-refractivity contribution in [1.82, 2.24) is 4.90 Å². The first-order valence-electron chi connectivity index (χ1n) is 7.31. The molecule has 0 aromatic heterocycles. The molecule has 0 spiro atoms. The molecule has 0 bridgehead atoms. The maximum absolute atomic E-state index is 13.1. The van der Waals surface area contributed by atoms with E-state index in [1.165, 1.54) is 18.4 Å². The van der Waals surface area contributed by atoms with Gasteiger partial charge in [0.25, 0.3) is 0 Å². The van der Waals surface area contributed by atoms with Crippen molar-refractivity contribution in [2.24, 2.45) is 0 Å². The normalized spacial score (nSPS) is 14.6. The van der Waals surface area contributed by atoms with Crippen LogP contribution >= 0.6 is 9.24 Å². The third-order valence-corrected chi connectivity index (χ3v) is 3.86. The van der Waals surface area contributed by atoms with Gasteiger partial charge in [0.2, 0.25) is 0 Å². The first-order valence-corrected chi connectivity index (χ1v) is 7.97. The van der Waals surface area contributed by atoms with E-state index in [0.29, 0.717) is 6.04 Å². The molecule has 1 aromatic carbocycles. The van der Waals surface area contributed by atoms with Crippen molar-refractivity contribution in [1.29, 1.82) is 0 Å². The van der Waals surface area contributed by atoms with Crippen LogP contribution in [0.2, 0.25) is 0 Å². The Balaban J connectivity index is 2.61. The lowest BCUT2D eigenvalue weighted by molar-refractivity contribution is 0.208. The minimum atomic E-state index is -0.955. The fourth-order valence-electron chi connectivity index (χ4n) is 2.43. The van der Waals surface area contributed by atoms with Crippen LogP contribution in [0.4, 0.5) is 4.39 Å². The molecule has 19 heavy (non-hydrogen) atoms. The van der Waals surface area contributed by atoms with Crippen LogP contribution in [0.3, 0.4) is 0 Å². The van der Waals surface area contributed by atoms with Gasteiger partial charge in [0, 0.05) is 6.04 Å². The van der Waals surface area contributed by atoms with E-state index >= 15 is 0 Å². The number of nitrogens with zero attached hydrogens (tertiary/aromatic N) is 1. The summed E-state index contributed by atoms with van der Waals surface area (Å²) in [5.41, 5.74) is 2.03. The van der Waals surface area contributed by atoms with Gasteiger partial charge in [-0.2, -0.15) is 0 Å². The molecule has 1 rings (SSSR count). The molecule has 0 fully saturated rings. The van der Waals surface area contributed by atoms with Crippen molar-refractivity contribution in [3.05, 3.63) is 35.4 Å². The van der Waals surface area contributed by atoms with Crippen LogP contribution in [-0.2, 0) is 6.42 Å². The Labute approximate surface area is 119 Å². The maximum atomic E-state index is 13.1. The summed E-state index contributed by atoms with van der Waals surface area (Å²) in [6.45, 7) is 9.05. The monoisotopic (exact) mass is 283 g/mol. The zero-order chi connectivity index (χ0) is 14.3. The fraction of sp³-hybridized carbons (Fsp3) is 0.625. The molecule has 108 valence electrons. The van der Waals surface area contributed by atoms with Crippen molar-refractivity contribution < 1.29 is 4.39 Å². The predicted octanol–water partition coefficient (Wildman–Crippen LogP) is 4.58. The summed E-state index contributed by atoms with van der Waals surface area (Å²) in [5.74, 6) is -0.955. The van der Waals surface area contributed by atoms with Crippen LogP contribution in [0.15, 0.2) is 24.3 Å². The summed E-state index contributed by atoms with van der Waals surface area (Å²) < 4.78 is 13.1. The maximum Gasteiger partial charge on any atom is 0.138 e. The number of benzene rings is 1. The van der Waals surface area contributed by atoms with Crippen molar-refractivity contribution in [3.63, 3.8) is 0 Å². The van der Waals surface area contributed by atoms with E-state index in [-0.39, 0.29) is 0 Å². The predicted molar refractivity (Wildman–Crippen MR) is 85.3 cm³/mol. The van der Waals surface area contributed by atoms with Gasteiger partial charge in [0.15, 0.2) is 0 Å². The summed E-state index contributed by atoms with van der Waals surface area (Å²) in [6, 6.07) is 8.44. The first-order chi connectivity index (χ1) is 9.08. The van der Waals surface area contributed by atoms with Gasteiger partial charge in [0.05, 0.1) is 0 Å². The SMILES string of the molecule is CCCN(CCC)C(C)Cc1ccc(C(F)P)cc1. The van der Waals surface area contributed by atoms with E-state index in [1.807, 2.05) is 12.1 Å². The van der Waals surface area contributed by atoms with E-state index < -0.39 is 5.91 Å². The van der Waals surface area contributed by atoms with Crippen LogP contribution in [0, 0.1) is 0 Å². The molecule has 0 aliphatic rings. The second-order valence-electron chi connectivity index (χ2n) is 5.23. The highest BCUT2D eigenvalue weighted by molar-refractivity contribution is 7.16. The minimum absolute atomic E-state index is 0.544. The van der Waals surface area contributed by atoms with Crippen molar-refractivity contribution >= 4 is 9.24 Å². The Morgan fingerprint density at radius 2 is 1.63 bits per heavy atom. The molecule has 0 aliphatic carbocycles. The number of halogens is 1. The molecule has 3 atom stereocenters. The topological polar surface area (TPSA) is 3.24 Å². The third-order valence-electron chi connectivity index (χ3n) is 3.47. The van der Waals surface area contributed by atoms with E-state index in [2.05, 4.69) is 47.0 Å². The standard InChI is InChI=1S/C16H27FNP/c1-4-10-18(11-5-2)13(3)12-14-6-8-15(9-7-14)16(17)19/h6-9,13,16H,4-5,10-12,19H2,1-3H3. The summed E-state index contributed by atoms with van der Waals surface area (Å²) in [7, 11) is 2.19. The zero-order valence-corrected chi connectivity index (χ0v) is 13.6. The Kier molecular flexibility index (Phi) is 7.56. The average molecular weight is 283 g/mol. The Hall–Kier alpha value is -0.460. The molecular weight excluding hydrogens is 256 g/mol. The molecule has 0 amide bonds. The molecule has 1 nitrogen and oxygen atoms in total. The highest BCUT2D eigenvalue weighted by Crippen LogP contribution is 2.24. The highest BCUT2D eigenvalue weighted by Gasteiger charge is 2.12. The first kappa shape index (κ1) is 16.6. The molecule has 0 saturated heterocycles. The number of alkyl halides is 1. The molecule has 0 aliphatic heterocycles. The summed E-state index contributed by atoms with van der Waals surface area (Å²) >= 11 is 0. The smallest absolute Gasteiger partial charge is 0.138 e. The lowest BCUT2D eigenvalue weighted by atomic mass is 10.0. The van der Waals surface area contributed by atoms with Gasteiger partial charge in [-0.1, -0.05) is 47.4 Å². The van der Waals surface area contributed by atoms with Crippen molar-refractivity contribution in [2.75, 3.05) is 13.1 Å². The van der Waals surface area contributed by atoms with E-state index in [0.717, 1.165) is 25.1 Å². The Morgan fingerprint density at radius 3 is 2.05 bits per heavy atom. The van der Waals surface area contributed by atoms with E-state index in [9.17, 15) is 4.39 Å². The highest BCUT2D eigenvalue weighted by atomic mass is 31.0. The second kappa shape index (κ2) is 8.66.